The van der Waals surface area contributed by atoms with E-state index in [4.69, 9.17) is 0 Å². The molecule has 0 aliphatic carbocycles. The second kappa shape index (κ2) is 7.05. The van der Waals surface area contributed by atoms with Gasteiger partial charge in [0.1, 0.15) is 11.5 Å². The van der Waals surface area contributed by atoms with Crippen LogP contribution in [0.5, 0.6) is 11.5 Å². The first kappa shape index (κ1) is 19.2. The maximum Gasteiger partial charge on any atom is 0.332 e. The van der Waals surface area contributed by atoms with Gasteiger partial charge in [-0.3, -0.25) is 18.8 Å². The van der Waals surface area contributed by atoms with Crippen LogP contribution in [-0.4, -0.2) is 52.0 Å². The lowest BCUT2D eigenvalue weighted by Gasteiger charge is -2.32. The Morgan fingerprint density at radius 2 is 1.90 bits per heavy atom. The van der Waals surface area contributed by atoms with E-state index in [1.54, 1.807) is 17.9 Å². The van der Waals surface area contributed by atoms with Crippen molar-refractivity contribution in [3.63, 3.8) is 0 Å². The van der Waals surface area contributed by atoms with E-state index in [0.717, 1.165) is 4.57 Å². The molecule has 154 valence electrons. The van der Waals surface area contributed by atoms with Crippen LogP contribution in [0.4, 0.5) is 0 Å². The van der Waals surface area contributed by atoms with E-state index in [0.29, 0.717) is 54.9 Å². The molecular formula is C19H23N5O5. The van der Waals surface area contributed by atoms with Gasteiger partial charge in [-0.1, -0.05) is 0 Å². The molecule has 29 heavy (non-hydrogen) atoms. The van der Waals surface area contributed by atoms with E-state index < -0.39 is 11.8 Å². The van der Waals surface area contributed by atoms with Gasteiger partial charge in [-0.05, 0) is 18.1 Å². The summed E-state index contributed by atoms with van der Waals surface area (Å²) in [7, 11) is 3.02. The first-order valence-corrected chi connectivity index (χ1v) is 9.34. The number of aryl methyl sites for hydroxylation is 2. The lowest BCUT2D eigenvalue weighted by molar-refractivity contribution is 0.0894. The Morgan fingerprint density at radius 3 is 2.66 bits per heavy atom. The van der Waals surface area contributed by atoms with Crippen molar-refractivity contribution >= 4 is 11.2 Å². The second-order valence-corrected chi connectivity index (χ2v) is 7.45. The minimum atomic E-state index is -0.798. The molecule has 0 bridgehead atoms. The summed E-state index contributed by atoms with van der Waals surface area (Å²) in [4.78, 5) is 30.7. The molecule has 1 atom stereocenters. The monoisotopic (exact) mass is 401 g/mol. The number of phenols is 2. The average Bonchev–Trinajstić information content (AvgIpc) is 3.10. The van der Waals surface area contributed by atoms with Crippen LogP contribution in [0, 0.1) is 0 Å². The Bertz CT molecular complexity index is 1210. The highest BCUT2D eigenvalue weighted by Gasteiger charge is 2.26. The van der Waals surface area contributed by atoms with Crippen molar-refractivity contribution in [3.05, 3.63) is 50.4 Å². The highest BCUT2D eigenvalue weighted by Crippen LogP contribution is 2.35. The van der Waals surface area contributed by atoms with Crippen LogP contribution < -0.4 is 11.2 Å². The molecule has 0 fully saturated rings. The summed E-state index contributed by atoms with van der Waals surface area (Å²) < 4.78 is 4.15. The highest BCUT2D eigenvalue weighted by molar-refractivity contribution is 5.69. The third-order valence-electron chi connectivity index (χ3n) is 5.51. The number of nitrogens with zero attached hydrogens (tertiary/aromatic N) is 5. The zero-order chi connectivity index (χ0) is 20.9. The van der Waals surface area contributed by atoms with Crippen molar-refractivity contribution in [2.45, 2.75) is 25.6 Å². The predicted octanol–water partition coefficient (Wildman–Crippen LogP) is -0.216. The highest BCUT2D eigenvalue weighted by atomic mass is 16.3. The van der Waals surface area contributed by atoms with Crippen LogP contribution in [-0.2, 0) is 27.2 Å². The van der Waals surface area contributed by atoms with Crippen molar-refractivity contribution in [2.75, 3.05) is 13.1 Å². The third-order valence-corrected chi connectivity index (χ3v) is 5.51. The Hall–Kier alpha value is -3.11. The fourth-order valence-electron chi connectivity index (χ4n) is 3.97. The molecule has 0 saturated heterocycles. The molecular weight excluding hydrogens is 378 g/mol. The van der Waals surface area contributed by atoms with Crippen LogP contribution in [0.2, 0.25) is 0 Å². The zero-order valence-electron chi connectivity index (χ0n) is 16.2. The van der Waals surface area contributed by atoms with Crippen molar-refractivity contribution in [1.82, 2.24) is 23.6 Å². The van der Waals surface area contributed by atoms with Crippen molar-refractivity contribution in [1.29, 1.82) is 0 Å². The van der Waals surface area contributed by atoms with Crippen molar-refractivity contribution in [3.8, 4) is 11.5 Å². The Morgan fingerprint density at radius 1 is 1.14 bits per heavy atom. The van der Waals surface area contributed by atoms with Crippen LogP contribution >= 0.6 is 0 Å². The minimum Gasteiger partial charge on any atom is -0.508 e. The summed E-state index contributed by atoms with van der Waals surface area (Å²) in [5.41, 5.74) is 1.09. The molecule has 1 unspecified atom stereocenters. The zero-order valence-corrected chi connectivity index (χ0v) is 16.2. The normalized spacial score (nSPS) is 17.0. The first-order valence-electron chi connectivity index (χ1n) is 9.34. The molecule has 0 amide bonds. The standard InChI is InChI=1S/C19H23N5O5/c1-21-17-16(18(28)22(2)19(21)29)24(10-20-17)5-3-4-23-8-13-12(15(27)9-23)6-11(25)7-14(13)26/h6-7,10,15,25-27H,3-5,8-9H2,1-2H3. The summed E-state index contributed by atoms with van der Waals surface area (Å²) in [6.45, 7) is 1.99. The summed E-state index contributed by atoms with van der Waals surface area (Å²) in [5, 5.41) is 30.1. The van der Waals surface area contributed by atoms with Crippen molar-refractivity contribution in [2.24, 2.45) is 14.1 Å². The van der Waals surface area contributed by atoms with Gasteiger partial charge in [-0.2, -0.15) is 0 Å². The van der Waals surface area contributed by atoms with Gasteiger partial charge >= 0.3 is 5.69 Å². The van der Waals surface area contributed by atoms with E-state index in [9.17, 15) is 24.9 Å². The molecule has 3 aromatic rings. The Labute approximate surface area is 165 Å². The first-order chi connectivity index (χ1) is 13.8. The maximum atomic E-state index is 12.5. The molecule has 0 saturated carbocycles. The summed E-state index contributed by atoms with van der Waals surface area (Å²) in [5.74, 6) is -0.106. The number of phenolic OH excluding ortho intramolecular Hbond substituents is 2. The van der Waals surface area contributed by atoms with Crippen LogP contribution in [0.15, 0.2) is 28.0 Å². The van der Waals surface area contributed by atoms with Crippen molar-refractivity contribution < 1.29 is 15.3 Å². The van der Waals surface area contributed by atoms with Crippen LogP contribution in [0.3, 0.4) is 0 Å². The number of fused-ring (bicyclic) bond motifs is 2. The second-order valence-electron chi connectivity index (χ2n) is 7.45. The smallest absolute Gasteiger partial charge is 0.332 e. The number of aliphatic hydroxyl groups is 1. The van der Waals surface area contributed by atoms with Gasteiger partial charge in [0.15, 0.2) is 11.2 Å². The number of aromatic hydroxyl groups is 2. The molecule has 0 radical (unpaired) electrons. The number of imidazole rings is 1. The number of aliphatic hydroxyl groups excluding tert-OH is 1. The fourth-order valence-corrected chi connectivity index (χ4v) is 3.97. The SMILES string of the molecule is Cn1c(=O)c2c(ncn2CCCN2Cc3c(O)cc(O)cc3C(O)C2)n(C)c1=O. The maximum absolute atomic E-state index is 12.5. The number of aromatic nitrogens is 4. The van der Waals surface area contributed by atoms with Crippen LogP contribution in [0.1, 0.15) is 23.7 Å². The molecule has 1 aromatic carbocycles. The van der Waals surface area contributed by atoms with Gasteiger partial charge in [-0.25, -0.2) is 9.78 Å². The molecule has 4 rings (SSSR count). The van der Waals surface area contributed by atoms with Crippen LogP contribution in [0.25, 0.3) is 11.2 Å². The van der Waals surface area contributed by atoms with E-state index >= 15 is 0 Å². The molecule has 1 aliphatic rings. The van der Waals surface area contributed by atoms with E-state index in [-0.39, 0.29) is 17.1 Å². The number of benzene rings is 1. The van der Waals surface area contributed by atoms with Gasteiger partial charge in [0.25, 0.3) is 5.56 Å². The lowest BCUT2D eigenvalue weighted by atomic mass is 9.96. The fraction of sp³-hybridized carbons (Fsp3) is 0.421. The topological polar surface area (TPSA) is 126 Å². The molecule has 3 heterocycles. The van der Waals surface area contributed by atoms with Gasteiger partial charge in [0, 0.05) is 51.9 Å². The summed E-state index contributed by atoms with van der Waals surface area (Å²) in [6, 6.07) is 2.75. The molecule has 0 spiro atoms. The van der Waals surface area contributed by atoms with Gasteiger partial charge in [0.05, 0.1) is 12.4 Å². The van der Waals surface area contributed by atoms with E-state index in [2.05, 4.69) is 4.98 Å². The summed E-state index contributed by atoms with van der Waals surface area (Å²) in [6.07, 6.45) is 1.44. The Kier molecular flexibility index (Phi) is 4.67. The quantitative estimate of drug-likeness (QED) is 0.552. The number of hydrogen-bond acceptors (Lipinski definition) is 7. The average molecular weight is 401 g/mol. The van der Waals surface area contributed by atoms with Gasteiger partial charge in [0.2, 0.25) is 0 Å². The molecule has 3 N–H and O–H groups in total. The predicted molar refractivity (Wildman–Crippen MR) is 105 cm³/mol. The minimum absolute atomic E-state index is 0.0335. The molecule has 2 aromatic heterocycles. The molecule has 1 aliphatic heterocycles. The largest absolute Gasteiger partial charge is 0.508 e. The van der Waals surface area contributed by atoms with Gasteiger partial charge in [-0.15, -0.1) is 0 Å². The summed E-state index contributed by atoms with van der Waals surface area (Å²) >= 11 is 0. The van der Waals surface area contributed by atoms with Gasteiger partial charge < -0.3 is 19.9 Å². The number of rotatable bonds is 4. The molecule has 10 heteroatoms. The van der Waals surface area contributed by atoms with E-state index in [1.807, 2.05) is 4.90 Å². The molecule has 10 nitrogen and oxygen atoms in total. The third kappa shape index (κ3) is 3.19. The number of β-amino-alcohol motifs (C(OH)–C–C–N with tert-alkyl or cyclic N) is 1. The number of hydrogen-bond donors (Lipinski definition) is 3. The lowest BCUT2D eigenvalue weighted by Crippen LogP contribution is -2.37. The van der Waals surface area contributed by atoms with E-state index in [1.165, 1.54) is 23.7 Å². The Balaban J connectivity index is 1.50.